The molecule has 54 valence electrons. The van der Waals surface area contributed by atoms with Gasteiger partial charge in [0.25, 0.3) is 0 Å². The van der Waals surface area contributed by atoms with Crippen LogP contribution in [0.15, 0.2) is 44.0 Å². The van der Waals surface area contributed by atoms with Gasteiger partial charge in [0.2, 0.25) is 0 Å². The number of benzene rings is 1. The van der Waals surface area contributed by atoms with Crippen LogP contribution in [0.2, 0.25) is 0 Å². The van der Waals surface area contributed by atoms with E-state index in [2.05, 4.69) is 44.0 Å². The van der Waals surface area contributed by atoms with Crippen molar-refractivity contribution in [3.8, 4) is 0 Å². The monoisotopic (exact) mass is 338 g/mol. The minimum atomic E-state index is -0.422. The zero-order valence-corrected chi connectivity index (χ0v) is 10.0. The Kier molecular flexibility index (Phi) is 2.19. The van der Waals surface area contributed by atoms with Crippen molar-refractivity contribution in [2.45, 2.75) is 0 Å². The van der Waals surface area contributed by atoms with E-state index >= 15 is 0 Å². The summed E-state index contributed by atoms with van der Waals surface area (Å²) in [6.07, 6.45) is 2.26. The second-order valence-electron chi connectivity index (χ2n) is 2.47. The van der Waals surface area contributed by atoms with Crippen molar-refractivity contribution in [3.05, 3.63) is 49.5 Å². The molecule has 1 aliphatic heterocycles. The summed E-state index contributed by atoms with van der Waals surface area (Å²) in [5, 5.41) is 0. The Morgan fingerprint density at radius 1 is 1.00 bits per heavy atom. The fraction of sp³-hybridized carbons (Fsp3) is 0. The molecule has 0 aliphatic carbocycles. The van der Waals surface area contributed by atoms with E-state index in [1.165, 1.54) is 11.1 Å². The van der Waals surface area contributed by atoms with Crippen molar-refractivity contribution in [1.29, 1.82) is 0 Å². The van der Waals surface area contributed by atoms with Gasteiger partial charge in [-0.25, -0.2) is 0 Å². The Bertz CT molecular complexity index is 296. The van der Waals surface area contributed by atoms with Crippen molar-refractivity contribution < 1.29 is 0 Å². The zero-order valence-electron chi connectivity index (χ0n) is 6.12. The van der Waals surface area contributed by atoms with Gasteiger partial charge in [0.15, 0.2) is 0 Å². The van der Waals surface area contributed by atoms with Crippen LogP contribution < -0.4 is 0 Å². The first-order chi connectivity index (χ1) is 5.47. The van der Waals surface area contributed by atoms with E-state index in [-0.39, 0.29) is 0 Å². The molecule has 1 aromatic carbocycles. The Balaban J connectivity index is 2.37. The predicted molar refractivity (Wildman–Crippen MR) is 50.7 cm³/mol. The van der Waals surface area contributed by atoms with Crippen LogP contribution in [0.3, 0.4) is 0 Å². The molecule has 2 rings (SSSR count). The first kappa shape index (κ1) is 7.24. The molecule has 1 heterocycles. The third-order valence-electron chi connectivity index (χ3n) is 1.71. The minimum absolute atomic E-state index is 0.422. The number of rotatable bonds is 1. The normalized spacial score (nSPS) is 15.1. The third kappa shape index (κ3) is 1.60. The molecule has 0 spiro atoms. The van der Waals surface area contributed by atoms with Crippen LogP contribution in [0.5, 0.6) is 0 Å². The zero-order chi connectivity index (χ0) is 7.52. The molecule has 11 heavy (non-hydrogen) atoms. The van der Waals surface area contributed by atoms with Crippen molar-refractivity contribution >= 4 is 28.8 Å². The first-order valence-electron chi connectivity index (χ1n) is 3.65. The molecule has 1 heteroatoms. The average molecular weight is 338 g/mol. The van der Waals surface area contributed by atoms with Gasteiger partial charge in [-0.2, -0.15) is 0 Å². The van der Waals surface area contributed by atoms with Gasteiger partial charge < -0.3 is 0 Å². The predicted octanol–water partition coefficient (Wildman–Crippen LogP) is 1.99. The summed E-state index contributed by atoms with van der Waals surface area (Å²) >= 11 is -0.422. The van der Waals surface area contributed by atoms with Gasteiger partial charge in [0.1, 0.15) is 0 Å². The van der Waals surface area contributed by atoms with Gasteiger partial charge in [-0.3, -0.25) is 0 Å². The van der Waals surface area contributed by atoms with Crippen molar-refractivity contribution in [2.75, 3.05) is 0 Å². The van der Waals surface area contributed by atoms with Gasteiger partial charge in [-0.15, -0.1) is 0 Å². The summed E-state index contributed by atoms with van der Waals surface area (Å²) in [4.78, 5) is 0. The van der Waals surface area contributed by atoms with Gasteiger partial charge in [-0.1, -0.05) is 0 Å². The maximum atomic E-state index is 2.44. The third-order valence-corrected chi connectivity index (χ3v) is 4.96. The van der Waals surface area contributed by atoms with E-state index in [9.17, 15) is 0 Å². The molecule has 0 saturated heterocycles. The summed E-state index contributed by atoms with van der Waals surface area (Å²) in [5.41, 5.74) is 2.81. The SMILES string of the molecule is [CH]1=CC(c2ccccc2)=[CH][BiH]1. The molecule has 0 nitrogen and oxygen atoms in total. The van der Waals surface area contributed by atoms with Gasteiger partial charge in [0.05, 0.1) is 0 Å². The van der Waals surface area contributed by atoms with Crippen LogP contribution >= 0.6 is 0 Å². The van der Waals surface area contributed by atoms with Crippen molar-refractivity contribution in [2.24, 2.45) is 0 Å². The van der Waals surface area contributed by atoms with Crippen molar-refractivity contribution in [1.82, 2.24) is 0 Å². The molecule has 1 aliphatic rings. The second-order valence-corrected chi connectivity index (χ2v) is 6.18. The Morgan fingerprint density at radius 3 is 2.45 bits per heavy atom. The standard InChI is InChI=1S/C10H8.Bi.H/c1-3-9(2)10-7-5-4-6-8-10;;/h1-8H;;. The summed E-state index contributed by atoms with van der Waals surface area (Å²) in [5.74, 6) is 0. The average Bonchev–Trinajstić information content (AvgIpc) is 2.58. The summed E-state index contributed by atoms with van der Waals surface area (Å²) in [7, 11) is 0. The molecule has 0 fully saturated rings. The molecular weight excluding hydrogens is 329 g/mol. The summed E-state index contributed by atoms with van der Waals surface area (Å²) < 4.78 is 4.82. The quantitative estimate of drug-likeness (QED) is 0.687. The molecule has 0 atom stereocenters. The number of allylic oxidation sites excluding steroid dienone is 2. The molecule has 0 aromatic heterocycles. The molecule has 0 bridgehead atoms. The van der Waals surface area contributed by atoms with Crippen LogP contribution in [0.4, 0.5) is 0 Å². The fourth-order valence-corrected chi connectivity index (χ4v) is 4.30. The van der Waals surface area contributed by atoms with Crippen LogP contribution in [-0.2, 0) is 0 Å². The van der Waals surface area contributed by atoms with Crippen LogP contribution in [-0.4, -0.2) is 23.2 Å². The van der Waals surface area contributed by atoms with E-state index < -0.39 is 23.2 Å². The molecule has 0 unspecified atom stereocenters. The first-order valence-corrected chi connectivity index (χ1v) is 8.14. The van der Waals surface area contributed by atoms with Gasteiger partial charge in [0, 0.05) is 0 Å². The van der Waals surface area contributed by atoms with Crippen molar-refractivity contribution in [3.63, 3.8) is 0 Å². The van der Waals surface area contributed by atoms with Crippen LogP contribution in [0.25, 0.3) is 5.57 Å². The van der Waals surface area contributed by atoms with Gasteiger partial charge in [-0.05, 0) is 0 Å². The van der Waals surface area contributed by atoms with Gasteiger partial charge >= 0.3 is 78.3 Å². The summed E-state index contributed by atoms with van der Waals surface area (Å²) in [6.45, 7) is 0. The van der Waals surface area contributed by atoms with E-state index in [1.807, 2.05) is 0 Å². The maximum absolute atomic E-state index is 2.44. The molecule has 0 N–H and O–H groups in total. The molecule has 0 radical (unpaired) electrons. The Labute approximate surface area is 78.2 Å². The topological polar surface area (TPSA) is 0 Å². The van der Waals surface area contributed by atoms with E-state index in [4.69, 9.17) is 0 Å². The molecule has 0 amide bonds. The molecule has 0 saturated carbocycles. The second kappa shape index (κ2) is 3.32. The van der Waals surface area contributed by atoms with Crippen LogP contribution in [0.1, 0.15) is 5.56 Å². The Morgan fingerprint density at radius 2 is 1.82 bits per heavy atom. The van der Waals surface area contributed by atoms with Crippen LogP contribution in [0, 0.1) is 0 Å². The van der Waals surface area contributed by atoms with E-state index in [0.29, 0.717) is 0 Å². The van der Waals surface area contributed by atoms with E-state index in [0.717, 1.165) is 0 Å². The van der Waals surface area contributed by atoms with E-state index in [1.54, 1.807) is 0 Å². The molecule has 1 aromatic rings. The molecular formula is C10H9Bi. The summed E-state index contributed by atoms with van der Waals surface area (Å²) in [6, 6.07) is 10.6. The Hall–Kier alpha value is -0.417. The fourth-order valence-electron chi connectivity index (χ4n) is 1.13. The number of hydrogen-bond donors (Lipinski definition) is 0. The number of hydrogen-bond acceptors (Lipinski definition) is 0.